The second-order valence-electron chi connectivity index (χ2n) is 14.0. The summed E-state index contributed by atoms with van der Waals surface area (Å²) in [6, 6.07) is 8.35. The topological polar surface area (TPSA) is 171 Å². The fraction of sp³-hybridized carbons (Fsp3) is 0.444. The van der Waals surface area contributed by atoms with Gasteiger partial charge in [-0.15, -0.1) is 0 Å². The van der Waals surface area contributed by atoms with Crippen molar-refractivity contribution in [2.24, 2.45) is 7.05 Å². The number of alkyl halides is 1. The molecular weight excluding hydrogens is 671 g/mol. The van der Waals surface area contributed by atoms with Crippen LogP contribution in [0.4, 0.5) is 4.39 Å². The van der Waals surface area contributed by atoms with Crippen molar-refractivity contribution in [1.29, 1.82) is 0 Å². The maximum Gasteiger partial charge on any atom is 0.329 e. The monoisotopic (exact) mass is 710 g/mol. The number of unbranched alkanes of at least 4 members (excludes halogenated alkanes) is 1. The third-order valence-corrected chi connectivity index (χ3v) is 10.5. The number of nitrogens with one attached hydrogen (secondary N) is 2. The molecule has 52 heavy (non-hydrogen) atoms. The number of nitrogens with zero attached hydrogens (tertiary/aromatic N) is 8. The number of carbonyl (C=O) groups excluding carboxylic acids is 4. The number of carbonyl (C=O) groups is 4. The Morgan fingerprint density at radius 3 is 2.60 bits per heavy atom. The molecule has 5 aromatic rings. The average molecular weight is 711 g/mol. The molecule has 1 saturated carbocycles. The molecule has 3 fully saturated rings. The number of fused-ring (bicyclic) bond motifs is 2. The summed E-state index contributed by atoms with van der Waals surface area (Å²) in [5, 5.41) is 14.2. The molecular formula is C36H39FN10O5. The van der Waals surface area contributed by atoms with Crippen LogP contribution in [0, 0.1) is 0 Å². The minimum atomic E-state index is -1.00. The first kappa shape index (κ1) is 33.5. The van der Waals surface area contributed by atoms with E-state index in [1.54, 1.807) is 19.3 Å². The van der Waals surface area contributed by atoms with Gasteiger partial charge in [-0.2, -0.15) is 10.2 Å². The Labute approximate surface area is 296 Å². The summed E-state index contributed by atoms with van der Waals surface area (Å²) in [6.07, 6.45) is 9.24. The molecule has 2 N–H and O–H groups in total. The zero-order valence-corrected chi connectivity index (χ0v) is 28.7. The molecule has 0 spiro atoms. The first-order valence-corrected chi connectivity index (χ1v) is 17.8. The molecule has 0 bridgehead atoms. The molecule has 1 aliphatic carbocycles. The number of aryl methyl sites for hydroxylation is 2. The maximum atomic E-state index is 13.3. The van der Waals surface area contributed by atoms with Gasteiger partial charge >= 0.3 is 5.69 Å². The fourth-order valence-electron chi connectivity index (χ4n) is 7.35. The third-order valence-electron chi connectivity index (χ3n) is 10.5. The van der Waals surface area contributed by atoms with Gasteiger partial charge in [-0.3, -0.25) is 38.3 Å². The van der Waals surface area contributed by atoms with Crippen molar-refractivity contribution < 1.29 is 23.6 Å². The molecule has 1 unspecified atom stereocenters. The Balaban J connectivity index is 0.823. The zero-order chi connectivity index (χ0) is 36.1. The number of amides is 4. The number of hydrogen-bond acceptors (Lipinski definition) is 8. The Bertz CT molecular complexity index is 2280. The van der Waals surface area contributed by atoms with Gasteiger partial charge in [-0.25, -0.2) is 18.7 Å². The van der Waals surface area contributed by atoms with Crippen LogP contribution in [0.1, 0.15) is 79.5 Å². The predicted octanol–water partition coefficient (Wildman–Crippen LogP) is 2.64. The molecule has 3 atom stereocenters. The number of imidazole rings is 2. The first-order chi connectivity index (χ1) is 25.1. The van der Waals surface area contributed by atoms with Gasteiger partial charge in [0.25, 0.3) is 5.91 Å². The second-order valence-corrected chi connectivity index (χ2v) is 14.0. The smallest absolute Gasteiger partial charge is 0.329 e. The van der Waals surface area contributed by atoms with E-state index < -0.39 is 30.1 Å². The first-order valence-electron chi connectivity index (χ1n) is 17.8. The van der Waals surface area contributed by atoms with Crippen LogP contribution in [0.3, 0.4) is 0 Å². The van der Waals surface area contributed by atoms with Gasteiger partial charge < -0.3 is 10.2 Å². The predicted molar refractivity (Wildman–Crippen MR) is 186 cm³/mol. The van der Waals surface area contributed by atoms with E-state index in [0.29, 0.717) is 49.2 Å². The lowest BCUT2D eigenvalue weighted by Crippen LogP contribution is -2.44. The molecule has 8 rings (SSSR count). The van der Waals surface area contributed by atoms with E-state index in [9.17, 15) is 28.4 Å². The summed E-state index contributed by atoms with van der Waals surface area (Å²) in [7, 11) is 1.68. The van der Waals surface area contributed by atoms with Gasteiger partial charge in [0.1, 0.15) is 17.9 Å². The van der Waals surface area contributed by atoms with E-state index >= 15 is 0 Å². The van der Waals surface area contributed by atoms with Crippen LogP contribution in [0.25, 0.3) is 27.9 Å². The van der Waals surface area contributed by atoms with Gasteiger partial charge in [0.15, 0.2) is 5.65 Å². The van der Waals surface area contributed by atoms with Crippen LogP contribution in [0.5, 0.6) is 0 Å². The van der Waals surface area contributed by atoms with Crippen LogP contribution in [-0.2, 0) is 27.9 Å². The summed E-state index contributed by atoms with van der Waals surface area (Å²) >= 11 is 0. The van der Waals surface area contributed by atoms with Crippen molar-refractivity contribution in [3.05, 3.63) is 70.7 Å². The number of rotatable bonds is 10. The molecule has 3 aliphatic rings. The van der Waals surface area contributed by atoms with Gasteiger partial charge in [0, 0.05) is 51.2 Å². The summed E-state index contributed by atoms with van der Waals surface area (Å²) in [6.45, 7) is 1.29. The summed E-state index contributed by atoms with van der Waals surface area (Å²) < 4.78 is 19.7. The van der Waals surface area contributed by atoms with E-state index in [4.69, 9.17) is 0 Å². The largest absolute Gasteiger partial charge is 0.345 e. The molecule has 15 nitrogen and oxygen atoms in total. The third kappa shape index (κ3) is 6.37. The lowest BCUT2D eigenvalue weighted by atomic mass is 10.0. The highest BCUT2D eigenvalue weighted by atomic mass is 19.1. The minimum Gasteiger partial charge on any atom is -0.345 e. The van der Waals surface area contributed by atoms with E-state index in [1.807, 2.05) is 40.0 Å². The standard InChI is InChI=1S/C36H39FN10O5/c1-43-29-16-21(6-8-27(29)46(36(43)52)28-9-11-32(48)41-34(28)50)4-2-3-5-33(49)44-14-12-23(13-15-44)45-20-22(18-39-45)25-7-10-31-38-19-30(47(31)42-25)35(51)40-26-17-24(26)37/h6-8,10,16,18-20,23-24,26,28H,2-5,9,11-15,17H2,1H3,(H,40,51)(H,41,48,50)/t24-,26+,28?/m0/s1. The number of hydrogen-bond donors (Lipinski definition) is 2. The molecule has 6 heterocycles. The summed E-state index contributed by atoms with van der Waals surface area (Å²) in [4.78, 5) is 69.1. The number of imide groups is 1. The number of halogens is 1. The molecule has 4 aromatic heterocycles. The lowest BCUT2D eigenvalue weighted by Gasteiger charge is -2.32. The van der Waals surface area contributed by atoms with E-state index in [1.165, 1.54) is 19.8 Å². The average Bonchev–Trinajstić information content (AvgIpc) is 3.48. The minimum absolute atomic E-state index is 0.138. The quantitative estimate of drug-likeness (QED) is 0.165. The van der Waals surface area contributed by atoms with Crippen molar-refractivity contribution in [3.8, 4) is 11.3 Å². The number of aromatic nitrogens is 7. The lowest BCUT2D eigenvalue weighted by molar-refractivity contribution is -0.136. The van der Waals surface area contributed by atoms with Crippen LogP contribution in [0.15, 0.2) is 53.7 Å². The van der Waals surface area contributed by atoms with E-state index in [0.717, 1.165) is 48.7 Å². The fourth-order valence-corrected chi connectivity index (χ4v) is 7.35. The maximum absolute atomic E-state index is 13.3. The molecule has 4 amide bonds. The van der Waals surface area contributed by atoms with Crippen molar-refractivity contribution in [2.45, 2.75) is 82.1 Å². The van der Waals surface area contributed by atoms with Crippen LogP contribution >= 0.6 is 0 Å². The van der Waals surface area contributed by atoms with Crippen molar-refractivity contribution >= 4 is 40.3 Å². The number of benzene rings is 1. The highest BCUT2D eigenvalue weighted by Crippen LogP contribution is 2.28. The van der Waals surface area contributed by atoms with Crippen molar-refractivity contribution in [3.63, 3.8) is 0 Å². The van der Waals surface area contributed by atoms with Gasteiger partial charge in [-0.05, 0) is 68.4 Å². The van der Waals surface area contributed by atoms with Crippen molar-refractivity contribution in [1.82, 2.24) is 49.0 Å². The molecule has 0 radical (unpaired) electrons. The van der Waals surface area contributed by atoms with Gasteiger partial charge in [0.2, 0.25) is 17.7 Å². The van der Waals surface area contributed by atoms with Gasteiger partial charge in [-0.1, -0.05) is 6.07 Å². The Hall–Kier alpha value is -5.67. The highest BCUT2D eigenvalue weighted by molar-refractivity contribution is 6.00. The number of piperidine rings is 2. The van der Waals surface area contributed by atoms with Crippen LogP contribution < -0.4 is 16.3 Å². The molecule has 1 aromatic carbocycles. The normalized spacial score (nSPS) is 20.8. The second kappa shape index (κ2) is 13.5. The van der Waals surface area contributed by atoms with Crippen LogP contribution in [0.2, 0.25) is 0 Å². The Morgan fingerprint density at radius 2 is 1.83 bits per heavy atom. The zero-order valence-electron chi connectivity index (χ0n) is 28.7. The SMILES string of the molecule is Cn1c(=O)n(C2CCC(=O)NC2=O)c2ccc(CCCCC(=O)N3CCC(n4cc(-c5ccc6ncc(C(=O)N[C@@H]7C[C@@H]7F)n6n5)cn4)CC3)cc21. The van der Waals surface area contributed by atoms with E-state index in [-0.39, 0.29) is 35.7 Å². The summed E-state index contributed by atoms with van der Waals surface area (Å²) in [5.74, 6) is -1.05. The molecule has 2 saturated heterocycles. The van der Waals surface area contributed by atoms with Crippen molar-refractivity contribution in [2.75, 3.05) is 13.1 Å². The van der Waals surface area contributed by atoms with E-state index in [2.05, 4.69) is 25.8 Å². The molecule has 270 valence electrons. The summed E-state index contributed by atoms with van der Waals surface area (Å²) in [5.41, 5.74) is 4.32. The Kier molecular flexibility index (Phi) is 8.67. The van der Waals surface area contributed by atoms with Crippen LogP contribution in [-0.4, -0.2) is 87.3 Å². The Morgan fingerprint density at radius 1 is 1.02 bits per heavy atom. The van der Waals surface area contributed by atoms with Gasteiger partial charge in [0.05, 0.1) is 41.2 Å². The highest BCUT2D eigenvalue weighted by Gasteiger charge is 2.39. The molecule has 2 aliphatic heterocycles. The number of likely N-dealkylation sites (tertiary alicyclic amines) is 1. The molecule has 16 heteroatoms.